The summed E-state index contributed by atoms with van der Waals surface area (Å²) < 4.78 is 95.2. The van der Waals surface area contributed by atoms with Crippen molar-refractivity contribution < 1.29 is 35.5 Å². The van der Waals surface area contributed by atoms with E-state index in [1.54, 1.807) is 15.9 Å². The molecule has 3 nitrogen and oxygen atoms in total. The van der Waals surface area contributed by atoms with Gasteiger partial charge in [0.15, 0.2) is 0 Å². The fourth-order valence-corrected chi connectivity index (χ4v) is 5.51. The Hall–Kier alpha value is -3.40. The molecular formula is C31H31F7N2O. The van der Waals surface area contributed by atoms with Crippen LogP contribution in [-0.2, 0) is 18.9 Å². The molecule has 4 rings (SSSR count). The summed E-state index contributed by atoms with van der Waals surface area (Å²) in [4.78, 5) is 16.9. The second kappa shape index (κ2) is 12.2. The highest BCUT2D eigenvalue weighted by Crippen LogP contribution is 2.39. The zero-order valence-corrected chi connectivity index (χ0v) is 22.6. The molecule has 0 aromatic heterocycles. The average Bonchev–Trinajstić information content (AvgIpc) is 3.29. The molecule has 0 unspecified atom stereocenters. The van der Waals surface area contributed by atoms with Crippen molar-refractivity contribution in [3.05, 3.63) is 106 Å². The summed E-state index contributed by atoms with van der Waals surface area (Å²) in [5.41, 5.74) is -0.806. The normalized spacial score (nSPS) is 18.2. The molecule has 2 atom stereocenters. The Kier molecular flexibility index (Phi) is 9.11. The standard InChI is InChI=1S/C31H31F7N2O/c1-20(2)15-40(29(41)21-10-12-26(32)13-11-21)18-24-17-39(16-23-6-3-4-9-28(23)31(36,37)38)19-27(24)22-7-5-8-25(14-22)30(33,34)35/h3-14,20,24,27H,15-19H2,1-2H3/t24-,27+/m0/s1. The third-order valence-corrected chi connectivity index (χ3v) is 7.29. The van der Waals surface area contributed by atoms with Crippen LogP contribution in [0.5, 0.6) is 0 Å². The molecule has 0 spiro atoms. The van der Waals surface area contributed by atoms with Gasteiger partial charge in [-0.05, 0) is 59.4 Å². The lowest BCUT2D eigenvalue weighted by molar-refractivity contribution is -0.139. The molecule has 0 bridgehead atoms. The third-order valence-electron chi connectivity index (χ3n) is 7.29. The van der Waals surface area contributed by atoms with E-state index < -0.39 is 35.2 Å². The maximum Gasteiger partial charge on any atom is 0.416 e. The lowest BCUT2D eigenvalue weighted by Crippen LogP contribution is -2.39. The summed E-state index contributed by atoms with van der Waals surface area (Å²) in [7, 11) is 0. The van der Waals surface area contributed by atoms with Crippen molar-refractivity contribution in [3.63, 3.8) is 0 Å². The first-order chi connectivity index (χ1) is 19.2. The summed E-state index contributed by atoms with van der Waals surface area (Å²) in [5, 5.41) is 0. The van der Waals surface area contributed by atoms with Crippen LogP contribution < -0.4 is 0 Å². The van der Waals surface area contributed by atoms with Crippen molar-refractivity contribution in [1.29, 1.82) is 0 Å². The van der Waals surface area contributed by atoms with Gasteiger partial charge in [-0.2, -0.15) is 26.3 Å². The van der Waals surface area contributed by atoms with Gasteiger partial charge in [-0.1, -0.05) is 50.2 Å². The second-order valence-corrected chi connectivity index (χ2v) is 10.9. The van der Waals surface area contributed by atoms with E-state index in [-0.39, 0.29) is 55.0 Å². The zero-order chi connectivity index (χ0) is 29.9. The Bertz CT molecular complexity index is 1340. The van der Waals surface area contributed by atoms with E-state index in [1.165, 1.54) is 48.5 Å². The molecule has 1 saturated heterocycles. The number of carbonyl (C=O) groups excluding carboxylic acids is 1. The van der Waals surface area contributed by atoms with Gasteiger partial charge in [0, 0.05) is 44.2 Å². The largest absolute Gasteiger partial charge is 0.416 e. The van der Waals surface area contributed by atoms with Crippen LogP contribution in [-0.4, -0.2) is 41.9 Å². The van der Waals surface area contributed by atoms with Gasteiger partial charge in [0.2, 0.25) is 0 Å². The van der Waals surface area contributed by atoms with Gasteiger partial charge in [-0.25, -0.2) is 4.39 Å². The van der Waals surface area contributed by atoms with Gasteiger partial charge in [-0.15, -0.1) is 0 Å². The Morgan fingerprint density at radius 2 is 1.59 bits per heavy atom. The van der Waals surface area contributed by atoms with Crippen molar-refractivity contribution in [2.24, 2.45) is 11.8 Å². The van der Waals surface area contributed by atoms with Crippen LogP contribution in [0.2, 0.25) is 0 Å². The van der Waals surface area contributed by atoms with E-state index in [0.29, 0.717) is 12.1 Å². The molecule has 1 aliphatic rings. The topological polar surface area (TPSA) is 23.6 Å². The van der Waals surface area contributed by atoms with Crippen LogP contribution in [0, 0.1) is 17.7 Å². The fraction of sp³-hybridized carbons (Fsp3) is 0.387. The van der Waals surface area contributed by atoms with Gasteiger partial charge in [0.25, 0.3) is 5.91 Å². The molecule has 1 fully saturated rings. The highest BCUT2D eigenvalue weighted by molar-refractivity contribution is 5.94. The van der Waals surface area contributed by atoms with Crippen LogP contribution in [0.1, 0.15) is 52.4 Å². The Morgan fingerprint density at radius 3 is 2.22 bits per heavy atom. The number of rotatable bonds is 8. The van der Waals surface area contributed by atoms with Gasteiger partial charge in [0.1, 0.15) is 5.82 Å². The number of alkyl halides is 6. The molecule has 41 heavy (non-hydrogen) atoms. The number of hydrogen-bond donors (Lipinski definition) is 0. The molecule has 1 aliphatic heterocycles. The summed E-state index contributed by atoms with van der Waals surface area (Å²) in [5.74, 6) is -1.61. The van der Waals surface area contributed by atoms with Crippen LogP contribution >= 0.6 is 0 Å². The van der Waals surface area contributed by atoms with Gasteiger partial charge < -0.3 is 4.90 Å². The van der Waals surface area contributed by atoms with E-state index in [9.17, 15) is 35.5 Å². The van der Waals surface area contributed by atoms with E-state index in [1.807, 2.05) is 13.8 Å². The van der Waals surface area contributed by atoms with Crippen LogP contribution in [0.15, 0.2) is 72.8 Å². The minimum atomic E-state index is -4.56. The highest BCUT2D eigenvalue weighted by atomic mass is 19.4. The summed E-state index contributed by atoms with van der Waals surface area (Å²) in [6.45, 7) is 4.81. The Labute approximate surface area is 234 Å². The first kappa shape index (κ1) is 30.6. The lowest BCUT2D eigenvalue weighted by Gasteiger charge is -2.30. The van der Waals surface area contributed by atoms with Gasteiger partial charge >= 0.3 is 12.4 Å². The number of likely N-dealkylation sites (tertiary alicyclic amines) is 1. The zero-order valence-electron chi connectivity index (χ0n) is 22.6. The molecule has 10 heteroatoms. The molecule has 1 heterocycles. The number of carbonyl (C=O) groups is 1. The number of nitrogens with zero attached hydrogens (tertiary/aromatic N) is 2. The first-order valence-corrected chi connectivity index (χ1v) is 13.3. The molecule has 1 amide bonds. The number of hydrogen-bond acceptors (Lipinski definition) is 2. The van der Waals surface area contributed by atoms with Crippen LogP contribution in [0.3, 0.4) is 0 Å². The minimum absolute atomic E-state index is 0.0439. The SMILES string of the molecule is CC(C)CN(C[C@@H]1CN(Cc2ccccc2C(F)(F)F)C[C@@H]1c1cccc(C(F)(F)F)c1)C(=O)c1ccc(F)cc1. The molecule has 3 aromatic carbocycles. The predicted molar refractivity (Wildman–Crippen MR) is 142 cm³/mol. The fourth-order valence-electron chi connectivity index (χ4n) is 5.51. The lowest BCUT2D eigenvalue weighted by atomic mass is 9.87. The Morgan fingerprint density at radius 1 is 0.902 bits per heavy atom. The highest BCUT2D eigenvalue weighted by Gasteiger charge is 2.39. The number of amides is 1. The summed E-state index contributed by atoms with van der Waals surface area (Å²) in [6.07, 6.45) is -9.11. The van der Waals surface area contributed by atoms with Gasteiger partial charge in [-0.3, -0.25) is 9.69 Å². The Balaban J connectivity index is 1.67. The second-order valence-electron chi connectivity index (χ2n) is 10.9. The van der Waals surface area contributed by atoms with Crippen LogP contribution in [0.4, 0.5) is 30.7 Å². The molecule has 3 aromatic rings. The minimum Gasteiger partial charge on any atom is -0.338 e. The molecule has 0 saturated carbocycles. The van der Waals surface area contributed by atoms with Crippen molar-refractivity contribution >= 4 is 5.91 Å². The molecular weight excluding hydrogens is 549 g/mol. The van der Waals surface area contributed by atoms with Gasteiger partial charge in [0.05, 0.1) is 11.1 Å². The monoisotopic (exact) mass is 580 g/mol. The smallest absolute Gasteiger partial charge is 0.338 e. The number of halogens is 7. The molecule has 0 N–H and O–H groups in total. The third kappa shape index (κ3) is 7.67. The average molecular weight is 581 g/mol. The van der Waals surface area contributed by atoms with Crippen molar-refractivity contribution in [2.45, 2.75) is 38.7 Å². The van der Waals surface area contributed by atoms with Crippen molar-refractivity contribution in [2.75, 3.05) is 26.2 Å². The predicted octanol–water partition coefficient (Wildman–Crippen LogP) is 7.88. The van der Waals surface area contributed by atoms with Crippen LogP contribution in [0.25, 0.3) is 0 Å². The quantitative estimate of drug-likeness (QED) is 0.253. The van der Waals surface area contributed by atoms with E-state index in [2.05, 4.69) is 0 Å². The van der Waals surface area contributed by atoms with E-state index in [4.69, 9.17) is 0 Å². The summed E-state index contributed by atoms with van der Waals surface area (Å²) in [6, 6.07) is 15.4. The number of benzene rings is 3. The first-order valence-electron chi connectivity index (χ1n) is 13.3. The molecule has 0 radical (unpaired) electrons. The van der Waals surface area contributed by atoms with Crippen molar-refractivity contribution in [1.82, 2.24) is 9.80 Å². The molecule has 0 aliphatic carbocycles. The van der Waals surface area contributed by atoms with Crippen molar-refractivity contribution in [3.8, 4) is 0 Å². The van der Waals surface area contributed by atoms with E-state index >= 15 is 0 Å². The maximum atomic E-state index is 13.7. The molecule has 220 valence electrons. The summed E-state index contributed by atoms with van der Waals surface area (Å²) >= 11 is 0. The maximum absolute atomic E-state index is 13.7. The van der Waals surface area contributed by atoms with E-state index in [0.717, 1.165) is 18.2 Å².